The first-order valence-electron chi connectivity index (χ1n) is 3.52. The SMILES string of the molecule is C=CCN=C[C@H](C)OCOC. The largest absolute Gasteiger partial charge is 0.359 e. The van der Waals surface area contributed by atoms with Crippen molar-refractivity contribution in [3.05, 3.63) is 12.7 Å². The molecule has 0 N–H and O–H groups in total. The van der Waals surface area contributed by atoms with Gasteiger partial charge in [0.25, 0.3) is 0 Å². The molecule has 0 aromatic heterocycles. The number of aliphatic imine (C=N–C) groups is 1. The van der Waals surface area contributed by atoms with Crippen LogP contribution >= 0.6 is 0 Å². The molecule has 0 fully saturated rings. The number of rotatable bonds is 6. The second-order valence-corrected chi connectivity index (χ2v) is 2.08. The summed E-state index contributed by atoms with van der Waals surface area (Å²) in [7, 11) is 1.59. The van der Waals surface area contributed by atoms with Gasteiger partial charge < -0.3 is 9.47 Å². The van der Waals surface area contributed by atoms with Crippen molar-refractivity contribution in [3.8, 4) is 0 Å². The lowest BCUT2D eigenvalue weighted by molar-refractivity contribution is -0.0421. The predicted molar refractivity (Wildman–Crippen MR) is 46.0 cm³/mol. The van der Waals surface area contributed by atoms with E-state index < -0.39 is 0 Å². The van der Waals surface area contributed by atoms with Crippen molar-refractivity contribution in [3.63, 3.8) is 0 Å². The van der Waals surface area contributed by atoms with E-state index in [1.165, 1.54) is 0 Å². The summed E-state index contributed by atoms with van der Waals surface area (Å²) in [5, 5.41) is 0. The van der Waals surface area contributed by atoms with E-state index in [1.807, 2.05) is 6.92 Å². The highest BCUT2D eigenvalue weighted by molar-refractivity contribution is 5.62. The molecular weight excluding hydrogens is 142 g/mol. The number of hydrogen-bond donors (Lipinski definition) is 0. The fraction of sp³-hybridized carbons (Fsp3) is 0.625. The molecule has 0 saturated heterocycles. The van der Waals surface area contributed by atoms with E-state index in [4.69, 9.17) is 9.47 Å². The molecule has 11 heavy (non-hydrogen) atoms. The third-order valence-corrected chi connectivity index (χ3v) is 0.999. The first-order chi connectivity index (χ1) is 5.31. The van der Waals surface area contributed by atoms with Gasteiger partial charge in [0.05, 0.1) is 12.6 Å². The summed E-state index contributed by atoms with van der Waals surface area (Å²) >= 11 is 0. The smallest absolute Gasteiger partial charge is 0.147 e. The molecule has 0 aliphatic heterocycles. The van der Waals surface area contributed by atoms with Crippen LogP contribution in [0.15, 0.2) is 17.6 Å². The quantitative estimate of drug-likeness (QED) is 0.330. The second kappa shape index (κ2) is 7.44. The molecule has 1 atom stereocenters. The zero-order chi connectivity index (χ0) is 8.53. The topological polar surface area (TPSA) is 30.8 Å². The molecule has 0 heterocycles. The Bertz CT molecular complexity index is 123. The van der Waals surface area contributed by atoms with Gasteiger partial charge in [0.1, 0.15) is 6.79 Å². The van der Waals surface area contributed by atoms with Crippen LogP contribution in [-0.2, 0) is 9.47 Å². The molecule has 0 aromatic carbocycles. The Hall–Kier alpha value is -0.670. The highest BCUT2D eigenvalue weighted by atomic mass is 16.7. The fourth-order valence-corrected chi connectivity index (χ4v) is 0.502. The van der Waals surface area contributed by atoms with Crippen LogP contribution in [0.25, 0.3) is 0 Å². The Morgan fingerprint density at radius 2 is 2.36 bits per heavy atom. The maximum Gasteiger partial charge on any atom is 0.147 e. The van der Waals surface area contributed by atoms with Crippen molar-refractivity contribution >= 4 is 6.21 Å². The summed E-state index contributed by atoms with van der Waals surface area (Å²) in [4.78, 5) is 4.02. The van der Waals surface area contributed by atoms with Crippen LogP contribution in [0, 0.1) is 0 Å². The third kappa shape index (κ3) is 7.22. The van der Waals surface area contributed by atoms with E-state index in [0.29, 0.717) is 13.3 Å². The molecule has 3 heteroatoms. The van der Waals surface area contributed by atoms with E-state index in [9.17, 15) is 0 Å². The Labute approximate surface area is 67.7 Å². The fourth-order valence-electron chi connectivity index (χ4n) is 0.502. The Morgan fingerprint density at radius 3 is 2.91 bits per heavy atom. The molecule has 64 valence electrons. The summed E-state index contributed by atoms with van der Waals surface area (Å²) < 4.78 is 9.85. The van der Waals surface area contributed by atoms with Crippen molar-refractivity contribution in [1.29, 1.82) is 0 Å². The summed E-state index contributed by atoms with van der Waals surface area (Å²) in [6, 6.07) is 0. The van der Waals surface area contributed by atoms with E-state index in [0.717, 1.165) is 0 Å². The van der Waals surface area contributed by atoms with Gasteiger partial charge in [0, 0.05) is 13.3 Å². The van der Waals surface area contributed by atoms with E-state index in [1.54, 1.807) is 19.4 Å². The molecule has 0 bridgehead atoms. The van der Waals surface area contributed by atoms with Crippen molar-refractivity contribution in [1.82, 2.24) is 0 Å². The average Bonchev–Trinajstić information content (AvgIpc) is 2.01. The van der Waals surface area contributed by atoms with E-state index in [-0.39, 0.29) is 6.10 Å². The van der Waals surface area contributed by atoms with Gasteiger partial charge in [-0.2, -0.15) is 0 Å². The highest BCUT2D eigenvalue weighted by Crippen LogP contribution is 1.86. The Kier molecular flexibility index (Phi) is 6.98. The molecule has 0 aliphatic carbocycles. The van der Waals surface area contributed by atoms with E-state index >= 15 is 0 Å². The molecule has 0 rings (SSSR count). The molecule has 0 unspecified atom stereocenters. The van der Waals surface area contributed by atoms with Crippen LogP contribution in [0.5, 0.6) is 0 Å². The zero-order valence-corrected chi connectivity index (χ0v) is 7.12. The second-order valence-electron chi connectivity index (χ2n) is 2.08. The number of hydrogen-bond acceptors (Lipinski definition) is 3. The molecule has 0 aliphatic rings. The zero-order valence-electron chi connectivity index (χ0n) is 7.12. The lowest BCUT2D eigenvalue weighted by Gasteiger charge is -2.05. The van der Waals surface area contributed by atoms with Crippen LogP contribution in [0.3, 0.4) is 0 Å². The lowest BCUT2D eigenvalue weighted by Crippen LogP contribution is -2.11. The van der Waals surface area contributed by atoms with Crippen molar-refractivity contribution in [2.24, 2.45) is 4.99 Å². The van der Waals surface area contributed by atoms with Gasteiger partial charge in [-0.3, -0.25) is 4.99 Å². The first-order valence-corrected chi connectivity index (χ1v) is 3.52. The highest BCUT2D eigenvalue weighted by Gasteiger charge is 1.94. The van der Waals surface area contributed by atoms with Crippen molar-refractivity contribution in [2.45, 2.75) is 13.0 Å². The van der Waals surface area contributed by atoms with E-state index in [2.05, 4.69) is 11.6 Å². The predicted octanol–water partition coefficient (Wildman–Crippen LogP) is 1.25. The molecule has 3 nitrogen and oxygen atoms in total. The summed E-state index contributed by atoms with van der Waals surface area (Å²) in [6.45, 7) is 6.40. The average molecular weight is 157 g/mol. The van der Waals surface area contributed by atoms with Crippen LogP contribution < -0.4 is 0 Å². The minimum atomic E-state index is 0.00917. The standard InChI is InChI=1S/C8H15NO2/c1-4-5-9-6-8(2)11-7-10-3/h4,6,8H,1,5,7H2,2-3H3/t8-/m0/s1. The van der Waals surface area contributed by atoms with Gasteiger partial charge in [-0.15, -0.1) is 6.58 Å². The number of ether oxygens (including phenoxy) is 2. The molecular formula is C8H15NO2. The van der Waals surface area contributed by atoms with Gasteiger partial charge in [0.15, 0.2) is 0 Å². The molecule has 0 spiro atoms. The monoisotopic (exact) mass is 157 g/mol. The Balaban J connectivity index is 3.34. The molecule has 0 saturated carbocycles. The minimum absolute atomic E-state index is 0.00917. The summed E-state index contributed by atoms with van der Waals surface area (Å²) in [5.41, 5.74) is 0. The van der Waals surface area contributed by atoms with Crippen LogP contribution in [0.4, 0.5) is 0 Å². The maximum absolute atomic E-state index is 5.13. The van der Waals surface area contributed by atoms with Crippen LogP contribution in [0.2, 0.25) is 0 Å². The number of nitrogens with zero attached hydrogens (tertiary/aromatic N) is 1. The van der Waals surface area contributed by atoms with Gasteiger partial charge >= 0.3 is 0 Å². The van der Waals surface area contributed by atoms with Crippen molar-refractivity contribution < 1.29 is 9.47 Å². The number of methoxy groups -OCH3 is 1. The van der Waals surface area contributed by atoms with Gasteiger partial charge in [-0.25, -0.2) is 0 Å². The normalized spacial score (nSPS) is 13.6. The first kappa shape index (κ1) is 10.3. The minimum Gasteiger partial charge on any atom is -0.359 e. The van der Waals surface area contributed by atoms with Crippen LogP contribution in [-0.4, -0.2) is 32.8 Å². The lowest BCUT2D eigenvalue weighted by atomic mass is 10.4. The maximum atomic E-state index is 5.13. The van der Waals surface area contributed by atoms with Crippen molar-refractivity contribution in [2.75, 3.05) is 20.4 Å². The molecule has 0 amide bonds. The summed E-state index contributed by atoms with van der Waals surface area (Å²) in [5.74, 6) is 0. The van der Waals surface area contributed by atoms with Gasteiger partial charge in [-0.1, -0.05) is 6.08 Å². The van der Waals surface area contributed by atoms with Gasteiger partial charge in [0.2, 0.25) is 0 Å². The molecule has 0 radical (unpaired) electrons. The molecule has 0 aromatic rings. The Morgan fingerprint density at radius 1 is 1.64 bits per heavy atom. The third-order valence-electron chi connectivity index (χ3n) is 0.999. The van der Waals surface area contributed by atoms with Crippen LogP contribution in [0.1, 0.15) is 6.92 Å². The summed E-state index contributed by atoms with van der Waals surface area (Å²) in [6.07, 6.45) is 3.48. The van der Waals surface area contributed by atoms with Gasteiger partial charge in [-0.05, 0) is 6.92 Å².